The van der Waals surface area contributed by atoms with Gasteiger partial charge in [-0.3, -0.25) is 9.59 Å². The fraction of sp³-hybridized carbons (Fsp3) is 0.385. The minimum absolute atomic E-state index is 0.319. The van der Waals surface area contributed by atoms with Crippen LogP contribution >= 0.6 is 0 Å². The van der Waals surface area contributed by atoms with Crippen molar-refractivity contribution < 1.29 is 19.4 Å². The quantitative estimate of drug-likeness (QED) is 0.751. The van der Waals surface area contributed by atoms with E-state index < -0.39 is 18.3 Å². The van der Waals surface area contributed by atoms with Gasteiger partial charge in [0.2, 0.25) is 5.91 Å². The molecule has 1 rings (SSSR count). The lowest BCUT2D eigenvalue weighted by atomic mass is 10.1. The lowest BCUT2D eigenvalue weighted by Gasteiger charge is -2.09. The molecule has 0 radical (unpaired) electrons. The van der Waals surface area contributed by atoms with E-state index in [9.17, 15) is 9.59 Å². The van der Waals surface area contributed by atoms with Gasteiger partial charge in [-0.05, 0) is 31.0 Å². The number of nitrogens with one attached hydrogen (secondary N) is 1. The molecule has 1 amide bonds. The highest BCUT2D eigenvalue weighted by molar-refractivity contribution is 5.93. The Bertz CT molecular complexity index is 443. The highest BCUT2D eigenvalue weighted by Gasteiger charge is 2.07. The van der Waals surface area contributed by atoms with Gasteiger partial charge in [-0.2, -0.15) is 0 Å². The zero-order valence-electron chi connectivity index (χ0n) is 10.5. The molecule has 0 bridgehead atoms. The smallest absolute Gasteiger partial charge is 0.312 e. The second kappa shape index (κ2) is 6.64. The van der Waals surface area contributed by atoms with E-state index in [2.05, 4.69) is 5.32 Å². The van der Waals surface area contributed by atoms with E-state index in [0.717, 1.165) is 16.9 Å². The Kier molecular flexibility index (Phi) is 5.17. The van der Waals surface area contributed by atoms with Crippen LogP contribution in [0.2, 0.25) is 0 Å². The van der Waals surface area contributed by atoms with E-state index in [1.165, 1.54) is 0 Å². The summed E-state index contributed by atoms with van der Waals surface area (Å²) in [5, 5.41) is 11.0. The van der Waals surface area contributed by atoms with Crippen LogP contribution in [0.5, 0.6) is 5.75 Å². The molecule has 18 heavy (non-hydrogen) atoms. The first-order valence-corrected chi connectivity index (χ1v) is 5.73. The van der Waals surface area contributed by atoms with E-state index in [0.29, 0.717) is 13.2 Å². The molecule has 5 heteroatoms. The van der Waals surface area contributed by atoms with Gasteiger partial charge in [-0.1, -0.05) is 12.1 Å². The summed E-state index contributed by atoms with van der Waals surface area (Å²) in [7, 11) is 0. The molecule has 1 aromatic carbocycles. The van der Waals surface area contributed by atoms with Crippen molar-refractivity contribution in [1.29, 1.82) is 0 Å². The number of ether oxygens (including phenoxy) is 1. The van der Waals surface area contributed by atoms with E-state index in [1.54, 1.807) is 0 Å². The topological polar surface area (TPSA) is 75.6 Å². The van der Waals surface area contributed by atoms with Gasteiger partial charge in [0.1, 0.15) is 12.2 Å². The number of hydrogen-bond donors (Lipinski definition) is 2. The van der Waals surface area contributed by atoms with Crippen LogP contribution in [0.15, 0.2) is 18.2 Å². The maximum atomic E-state index is 11.2. The second-order valence-corrected chi connectivity index (χ2v) is 3.88. The van der Waals surface area contributed by atoms with Gasteiger partial charge < -0.3 is 15.2 Å². The third-order valence-corrected chi connectivity index (χ3v) is 2.34. The lowest BCUT2D eigenvalue weighted by Crippen LogP contribution is -2.25. The first-order valence-electron chi connectivity index (χ1n) is 5.73. The van der Waals surface area contributed by atoms with Crippen molar-refractivity contribution in [2.24, 2.45) is 0 Å². The summed E-state index contributed by atoms with van der Waals surface area (Å²) in [6, 6.07) is 5.60. The number of rotatable bonds is 6. The zero-order valence-corrected chi connectivity index (χ0v) is 10.5. The van der Waals surface area contributed by atoms with Crippen LogP contribution in [-0.2, 0) is 16.1 Å². The van der Waals surface area contributed by atoms with Crippen molar-refractivity contribution in [3.8, 4) is 5.75 Å². The fourth-order valence-electron chi connectivity index (χ4n) is 1.54. The van der Waals surface area contributed by atoms with Crippen LogP contribution < -0.4 is 10.1 Å². The standard InChI is InChI=1S/C13H17NO4/c1-3-18-11-5-4-10(6-9(11)2)8-14-12(15)7-13(16)17/h4-6H,3,7-8H2,1-2H3,(H,14,15)(H,16,17). The van der Waals surface area contributed by atoms with Gasteiger partial charge in [-0.25, -0.2) is 0 Å². The second-order valence-electron chi connectivity index (χ2n) is 3.88. The molecule has 98 valence electrons. The van der Waals surface area contributed by atoms with Crippen LogP contribution in [0.3, 0.4) is 0 Å². The highest BCUT2D eigenvalue weighted by Crippen LogP contribution is 2.18. The first-order chi connectivity index (χ1) is 8.52. The lowest BCUT2D eigenvalue weighted by molar-refractivity contribution is -0.140. The van der Waals surface area contributed by atoms with E-state index in [1.807, 2.05) is 32.0 Å². The monoisotopic (exact) mass is 251 g/mol. The third kappa shape index (κ3) is 4.45. The van der Waals surface area contributed by atoms with Crippen molar-refractivity contribution >= 4 is 11.9 Å². The average Bonchev–Trinajstić information content (AvgIpc) is 2.29. The summed E-state index contributed by atoms with van der Waals surface area (Å²) in [6.45, 7) is 4.77. The largest absolute Gasteiger partial charge is 0.494 e. The summed E-state index contributed by atoms with van der Waals surface area (Å²) in [5.74, 6) is -0.803. The van der Waals surface area contributed by atoms with E-state index >= 15 is 0 Å². The van der Waals surface area contributed by atoms with Crippen molar-refractivity contribution in [2.45, 2.75) is 26.8 Å². The molecule has 2 N–H and O–H groups in total. The molecule has 1 aromatic rings. The molecule has 0 atom stereocenters. The number of aryl methyl sites for hydroxylation is 1. The Labute approximate surface area is 106 Å². The summed E-state index contributed by atoms with van der Waals surface area (Å²) in [5.41, 5.74) is 1.90. The SMILES string of the molecule is CCOc1ccc(CNC(=O)CC(=O)O)cc1C. The molecule has 0 unspecified atom stereocenters. The Hall–Kier alpha value is -2.04. The number of carbonyl (C=O) groups is 2. The highest BCUT2D eigenvalue weighted by atomic mass is 16.5. The predicted molar refractivity (Wildman–Crippen MR) is 66.4 cm³/mol. The normalized spacial score (nSPS) is 9.89. The number of amides is 1. The van der Waals surface area contributed by atoms with Gasteiger partial charge in [0.15, 0.2) is 0 Å². The van der Waals surface area contributed by atoms with E-state index in [-0.39, 0.29) is 0 Å². The van der Waals surface area contributed by atoms with Crippen molar-refractivity contribution in [2.75, 3.05) is 6.61 Å². The van der Waals surface area contributed by atoms with Crippen LogP contribution in [0, 0.1) is 6.92 Å². The third-order valence-electron chi connectivity index (χ3n) is 2.34. The molecule has 0 spiro atoms. The molecule has 0 aliphatic heterocycles. The fourth-order valence-corrected chi connectivity index (χ4v) is 1.54. The summed E-state index contributed by atoms with van der Waals surface area (Å²) < 4.78 is 5.40. The maximum Gasteiger partial charge on any atom is 0.312 e. The molecule has 0 heterocycles. The van der Waals surface area contributed by atoms with Gasteiger partial charge in [0, 0.05) is 6.54 Å². The van der Waals surface area contributed by atoms with Crippen LogP contribution in [0.25, 0.3) is 0 Å². The summed E-state index contributed by atoms with van der Waals surface area (Å²) in [4.78, 5) is 21.5. The van der Waals surface area contributed by atoms with Crippen molar-refractivity contribution in [3.05, 3.63) is 29.3 Å². The van der Waals surface area contributed by atoms with Gasteiger partial charge in [-0.15, -0.1) is 0 Å². The molecule has 0 saturated heterocycles. The Balaban J connectivity index is 2.55. The average molecular weight is 251 g/mol. The number of carboxylic acids is 1. The number of carboxylic acid groups (broad SMARTS) is 1. The molecule has 0 aromatic heterocycles. The van der Waals surface area contributed by atoms with Crippen LogP contribution in [0.4, 0.5) is 0 Å². The summed E-state index contributed by atoms with van der Waals surface area (Å²) >= 11 is 0. The number of benzene rings is 1. The number of hydrogen-bond acceptors (Lipinski definition) is 3. The Morgan fingerprint density at radius 3 is 2.67 bits per heavy atom. The molecular formula is C13H17NO4. The number of aliphatic carboxylic acids is 1. The molecule has 0 fully saturated rings. The van der Waals surface area contributed by atoms with Gasteiger partial charge >= 0.3 is 5.97 Å². The van der Waals surface area contributed by atoms with E-state index in [4.69, 9.17) is 9.84 Å². The minimum atomic E-state index is -1.13. The van der Waals surface area contributed by atoms with Crippen molar-refractivity contribution in [3.63, 3.8) is 0 Å². The summed E-state index contributed by atoms with van der Waals surface area (Å²) in [6.07, 6.45) is -0.504. The van der Waals surface area contributed by atoms with Crippen LogP contribution in [-0.4, -0.2) is 23.6 Å². The minimum Gasteiger partial charge on any atom is -0.494 e. The Morgan fingerprint density at radius 1 is 1.39 bits per heavy atom. The molecule has 0 aliphatic rings. The molecular weight excluding hydrogens is 234 g/mol. The molecule has 0 aliphatic carbocycles. The molecule has 0 saturated carbocycles. The Morgan fingerprint density at radius 2 is 2.11 bits per heavy atom. The number of carbonyl (C=O) groups excluding carboxylic acids is 1. The first kappa shape index (κ1) is 14.0. The predicted octanol–water partition coefficient (Wildman–Crippen LogP) is 1.48. The van der Waals surface area contributed by atoms with Gasteiger partial charge in [0.25, 0.3) is 0 Å². The maximum absolute atomic E-state index is 11.2. The zero-order chi connectivity index (χ0) is 13.5. The van der Waals surface area contributed by atoms with Gasteiger partial charge in [0.05, 0.1) is 6.61 Å². The van der Waals surface area contributed by atoms with Crippen molar-refractivity contribution in [1.82, 2.24) is 5.32 Å². The molecule has 5 nitrogen and oxygen atoms in total. The van der Waals surface area contributed by atoms with Crippen LogP contribution in [0.1, 0.15) is 24.5 Å².